The predicted molar refractivity (Wildman–Crippen MR) is 163 cm³/mol. The Morgan fingerprint density at radius 1 is 1.05 bits per heavy atom. The Kier molecular flexibility index (Phi) is 8.27. The van der Waals surface area contributed by atoms with Crippen LogP contribution in [0.5, 0.6) is 0 Å². The van der Waals surface area contributed by atoms with E-state index in [0.717, 1.165) is 6.20 Å². The number of carbonyl (C=O) groups excluding carboxylic acids is 1. The van der Waals surface area contributed by atoms with E-state index < -0.39 is 23.6 Å². The summed E-state index contributed by atoms with van der Waals surface area (Å²) < 4.78 is 15.9. The van der Waals surface area contributed by atoms with Gasteiger partial charge in [0.2, 0.25) is 0 Å². The van der Waals surface area contributed by atoms with Gasteiger partial charge in [-0.1, -0.05) is 12.1 Å². The summed E-state index contributed by atoms with van der Waals surface area (Å²) in [5, 5.41) is 13.3. The normalized spacial score (nSPS) is 12.2. The van der Waals surface area contributed by atoms with Crippen molar-refractivity contribution in [3.8, 4) is 11.4 Å². The lowest BCUT2D eigenvalue weighted by Crippen LogP contribution is -2.30. The number of aromatic nitrogens is 5. The number of pyridine rings is 1. The van der Waals surface area contributed by atoms with Gasteiger partial charge in [-0.3, -0.25) is 9.36 Å². The molecule has 220 valence electrons. The summed E-state index contributed by atoms with van der Waals surface area (Å²) >= 11 is 0. The van der Waals surface area contributed by atoms with E-state index in [1.54, 1.807) is 60.5 Å². The molecule has 1 atom stereocenters. The third-order valence-electron chi connectivity index (χ3n) is 6.68. The first-order chi connectivity index (χ1) is 20.6. The number of fused-ring (bicyclic) bond motifs is 1. The number of nitrogens with zero attached hydrogens (tertiary/aromatic N) is 7. The summed E-state index contributed by atoms with van der Waals surface area (Å²) in [6.45, 7) is 0.679. The molecule has 0 spiro atoms. The molecule has 0 aliphatic carbocycles. The molecule has 13 heteroatoms. The second kappa shape index (κ2) is 12.2. The van der Waals surface area contributed by atoms with Crippen LogP contribution in [0.1, 0.15) is 10.4 Å². The first-order valence-electron chi connectivity index (χ1n) is 13.2. The standard InChI is InChI=1S/C30H30FN9O3/c1-37(2)15-5-8-25(41)38(3)22-6-4-7-23(16-22)40-28-26(27(32)34-18-35-28)39(30(40)43)21-12-9-19(10-13-21)29(42)36-24-14-11-20(31)17-33-24/h4-14,16-18,25,41H,15H2,1-3H3,(H2,32,34,35)(H,33,36,42)/b8-5+. The summed E-state index contributed by atoms with van der Waals surface area (Å²) in [5.74, 6) is -0.674. The molecule has 1 amide bonds. The van der Waals surface area contributed by atoms with Crippen molar-refractivity contribution in [1.29, 1.82) is 0 Å². The van der Waals surface area contributed by atoms with Crippen LogP contribution >= 0.6 is 0 Å². The van der Waals surface area contributed by atoms with Crippen molar-refractivity contribution in [3.05, 3.63) is 107 Å². The molecule has 0 saturated carbocycles. The van der Waals surface area contributed by atoms with Gasteiger partial charge in [0.25, 0.3) is 5.91 Å². The number of benzene rings is 2. The largest absolute Gasteiger partial charge is 0.382 e. The Balaban J connectivity index is 1.50. The monoisotopic (exact) mass is 583 g/mol. The van der Waals surface area contributed by atoms with Gasteiger partial charge in [0, 0.05) is 24.8 Å². The lowest BCUT2D eigenvalue weighted by molar-refractivity contribution is 0.102. The smallest absolute Gasteiger partial charge is 0.339 e. The van der Waals surface area contributed by atoms with Gasteiger partial charge in [-0.25, -0.2) is 28.7 Å². The lowest BCUT2D eigenvalue weighted by atomic mass is 10.2. The maximum Gasteiger partial charge on any atom is 0.339 e. The van der Waals surface area contributed by atoms with Gasteiger partial charge in [0.15, 0.2) is 11.5 Å². The number of hydrogen-bond donors (Lipinski definition) is 3. The number of hydrogen-bond acceptors (Lipinski definition) is 9. The van der Waals surface area contributed by atoms with Crippen molar-refractivity contribution in [2.24, 2.45) is 0 Å². The molecule has 0 radical (unpaired) electrons. The molecule has 5 aromatic rings. The number of rotatable bonds is 9. The van der Waals surface area contributed by atoms with Crippen molar-refractivity contribution in [2.45, 2.75) is 6.23 Å². The highest BCUT2D eigenvalue weighted by molar-refractivity contribution is 6.03. The van der Waals surface area contributed by atoms with Crippen LogP contribution in [-0.2, 0) is 0 Å². The molecule has 0 aliphatic heterocycles. The van der Waals surface area contributed by atoms with E-state index in [0.29, 0.717) is 34.7 Å². The minimum absolute atomic E-state index is 0.0970. The topological polar surface area (TPSA) is 147 Å². The number of nitrogen functional groups attached to an aromatic ring is 1. The van der Waals surface area contributed by atoms with E-state index in [9.17, 15) is 19.1 Å². The zero-order valence-corrected chi connectivity index (χ0v) is 23.7. The van der Waals surface area contributed by atoms with Crippen LogP contribution in [0.25, 0.3) is 22.5 Å². The Labute approximate surface area is 246 Å². The molecule has 0 aliphatic rings. The maximum atomic E-state index is 14.0. The van der Waals surface area contributed by atoms with Gasteiger partial charge in [-0.15, -0.1) is 0 Å². The Hall–Kier alpha value is -5.40. The number of likely N-dealkylation sites (N-methyl/N-ethyl adjacent to an activating group) is 2. The summed E-state index contributed by atoms with van der Waals surface area (Å²) in [7, 11) is 5.63. The predicted octanol–water partition coefficient (Wildman–Crippen LogP) is 2.81. The fraction of sp³-hybridized carbons (Fsp3) is 0.167. The highest BCUT2D eigenvalue weighted by Crippen LogP contribution is 2.25. The molecule has 4 N–H and O–H groups in total. The number of aliphatic hydroxyl groups is 1. The zero-order valence-electron chi connectivity index (χ0n) is 23.7. The molecule has 3 aromatic heterocycles. The number of nitrogens with one attached hydrogen (secondary N) is 1. The molecule has 1 unspecified atom stereocenters. The third kappa shape index (κ3) is 6.12. The van der Waals surface area contributed by atoms with Crippen LogP contribution in [0.4, 0.5) is 21.7 Å². The Bertz CT molecular complexity index is 1850. The van der Waals surface area contributed by atoms with Crippen LogP contribution in [-0.4, -0.2) is 73.9 Å². The molecule has 43 heavy (non-hydrogen) atoms. The summed E-state index contributed by atoms with van der Waals surface area (Å²) in [5.41, 5.74) is 8.26. The molecule has 3 heterocycles. The average Bonchev–Trinajstić information content (AvgIpc) is 3.30. The van der Waals surface area contributed by atoms with E-state index in [2.05, 4.69) is 20.3 Å². The van der Waals surface area contributed by atoms with Gasteiger partial charge in [-0.05, 0) is 74.8 Å². The highest BCUT2D eigenvalue weighted by atomic mass is 19.1. The highest BCUT2D eigenvalue weighted by Gasteiger charge is 2.21. The zero-order chi connectivity index (χ0) is 30.7. The van der Waals surface area contributed by atoms with Gasteiger partial charge in [0.1, 0.15) is 29.7 Å². The van der Waals surface area contributed by atoms with Crippen LogP contribution < -0.4 is 21.6 Å². The second-order valence-electron chi connectivity index (χ2n) is 9.98. The number of halogens is 1. The van der Waals surface area contributed by atoms with E-state index in [-0.39, 0.29) is 17.3 Å². The summed E-state index contributed by atoms with van der Waals surface area (Å²) in [6.07, 6.45) is 4.97. The molecule has 5 rings (SSSR count). The van der Waals surface area contributed by atoms with Crippen molar-refractivity contribution in [3.63, 3.8) is 0 Å². The summed E-state index contributed by atoms with van der Waals surface area (Å²) in [6, 6.07) is 16.0. The van der Waals surface area contributed by atoms with E-state index in [4.69, 9.17) is 5.73 Å². The fourth-order valence-corrected chi connectivity index (χ4v) is 4.45. The van der Waals surface area contributed by atoms with Crippen molar-refractivity contribution >= 4 is 34.4 Å². The average molecular weight is 584 g/mol. The maximum absolute atomic E-state index is 14.0. The van der Waals surface area contributed by atoms with Gasteiger partial charge < -0.3 is 26.0 Å². The van der Waals surface area contributed by atoms with Crippen molar-refractivity contribution in [2.75, 3.05) is 43.6 Å². The number of aliphatic hydroxyl groups excluding tert-OH is 1. The number of imidazole rings is 1. The van der Waals surface area contributed by atoms with Gasteiger partial charge in [0.05, 0.1) is 17.6 Å². The summed E-state index contributed by atoms with van der Waals surface area (Å²) in [4.78, 5) is 42.6. The number of amides is 1. The molecule has 0 fully saturated rings. The second-order valence-corrected chi connectivity index (χ2v) is 9.98. The van der Waals surface area contributed by atoms with Crippen molar-refractivity contribution in [1.82, 2.24) is 29.0 Å². The van der Waals surface area contributed by atoms with Crippen LogP contribution in [0.15, 0.2) is 90.1 Å². The molecule has 0 saturated heterocycles. The number of carbonyl (C=O) groups is 1. The van der Waals surface area contributed by atoms with Gasteiger partial charge >= 0.3 is 5.69 Å². The van der Waals surface area contributed by atoms with Crippen LogP contribution in [0.2, 0.25) is 0 Å². The van der Waals surface area contributed by atoms with E-state index in [1.165, 1.54) is 27.6 Å². The van der Waals surface area contributed by atoms with Crippen LogP contribution in [0.3, 0.4) is 0 Å². The quantitative estimate of drug-likeness (QED) is 0.176. The molecule has 12 nitrogen and oxygen atoms in total. The first kappa shape index (κ1) is 29.1. The number of anilines is 3. The fourth-order valence-electron chi connectivity index (χ4n) is 4.45. The Morgan fingerprint density at radius 3 is 2.51 bits per heavy atom. The SMILES string of the molecule is CN(C)C/C=C/C(O)N(C)c1cccc(-n2c(=O)n(-c3ccc(C(=O)Nc4ccc(F)cn4)cc3)c3c(N)ncnc32)c1. The molecule has 0 bridgehead atoms. The minimum Gasteiger partial charge on any atom is -0.382 e. The first-order valence-corrected chi connectivity index (χ1v) is 13.2. The molecule has 2 aromatic carbocycles. The van der Waals surface area contributed by atoms with Gasteiger partial charge in [-0.2, -0.15) is 0 Å². The molecular weight excluding hydrogens is 553 g/mol. The number of nitrogens with two attached hydrogens (primary N) is 1. The third-order valence-corrected chi connectivity index (χ3v) is 6.68. The van der Waals surface area contributed by atoms with E-state index >= 15 is 0 Å². The lowest BCUT2D eigenvalue weighted by Gasteiger charge is -2.24. The molecular formula is C30H30FN9O3. The van der Waals surface area contributed by atoms with Crippen LogP contribution in [0, 0.1) is 5.82 Å². The minimum atomic E-state index is -0.888. The van der Waals surface area contributed by atoms with E-state index in [1.807, 2.05) is 31.1 Å². The van der Waals surface area contributed by atoms with Crippen molar-refractivity contribution < 1.29 is 14.3 Å². The Morgan fingerprint density at radius 2 is 1.81 bits per heavy atom.